The first kappa shape index (κ1) is 31.0. The van der Waals surface area contributed by atoms with E-state index in [-0.39, 0.29) is 5.69 Å². The summed E-state index contributed by atoms with van der Waals surface area (Å²) in [6.07, 6.45) is 12.4. The molecule has 3 N–H and O–H groups in total. The first-order chi connectivity index (χ1) is 19.1. The zero-order chi connectivity index (χ0) is 28.8. The number of para-hydroxylation sites is 1. The second-order valence-corrected chi connectivity index (χ2v) is 14.6. The van der Waals surface area contributed by atoms with Crippen LogP contribution in [0.3, 0.4) is 0 Å². The summed E-state index contributed by atoms with van der Waals surface area (Å²) in [5.41, 5.74) is 3.25. The molecule has 0 saturated carbocycles. The van der Waals surface area contributed by atoms with Crippen molar-refractivity contribution in [1.82, 2.24) is 0 Å². The highest BCUT2D eigenvalue weighted by molar-refractivity contribution is 9.09. The molecule has 1 aliphatic carbocycles. The molecule has 0 amide bonds. The average molecular weight is 670 g/mol. The topological polar surface area (TPSA) is 133 Å². The number of nitrogens with zero attached hydrogens (tertiary/aromatic N) is 1. The summed E-state index contributed by atoms with van der Waals surface area (Å²) < 4.78 is 67.1. The van der Waals surface area contributed by atoms with Crippen molar-refractivity contribution in [3.63, 3.8) is 0 Å². The zero-order valence-corrected chi connectivity index (χ0v) is 26.0. The van der Waals surface area contributed by atoms with Crippen LogP contribution in [0.25, 0.3) is 0 Å². The molecule has 1 heterocycles. The Hall–Kier alpha value is -1.96. The molecule has 2 aromatic rings. The van der Waals surface area contributed by atoms with Gasteiger partial charge in [0, 0.05) is 33.0 Å². The molecule has 40 heavy (non-hydrogen) atoms. The number of halogens is 1. The quantitative estimate of drug-likeness (QED) is 0.111. The average Bonchev–Trinajstić information content (AvgIpc) is 2.90. The van der Waals surface area contributed by atoms with Crippen molar-refractivity contribution in [2.24, 2.45) is 4.99 Å². The fourth-order valence-corrected chi connectivity index (χ4v) is 7.32. The van der Waals surface area contributed by atoms with Gasteiger partial charge in [-0.05, 0) is 61.2 Å². The van der Waals surface area contributed by atoms with Gasteiger partial charge >= 0.3 is 0 Å². The summed E-state index contributed by atoms with van der Waals surface area (Å²) in [4.78, 5) is 5.64. The second kappa shape index (κ2) is 13.8. The summed E-state index contributed by atoms with van der Waals surface area (Å²) in [6, 6.07) is 10.8. The molecular formula is C28H33BrN2O6S3. The van der Waals surface area contributed by atoms with Crippen molar-refractivity contribution in [3.8, 4) is 0 Å². The van der Waals surface area contributed by atoms with Crippen molar-refractivity contribution >= 4 is 65.0 Å². The molecule has 216 valence electrons. The summed E-state index contributed by atoms with van der Waals surface area (Å²) in [6.45, 7) is 0. The Kier molecular flexibility index (Phi) is 10.7. The van der Waals surface area contributed by atoms with Gasteiger partial charge in [-0.2, -0.15) is 16.8 Å². The Balaban J connectivity index is 1.60. The van der Waals surface area contributed by atoms with E-state index in [0.717, 1.165) is 69.5 Å². The van der Waals surface area contributed by atoms with Gasteiger partial charge in [0.15, 0.2) is 0 Å². The molecule has 0 radical (unpaired) electrons. The normalized spacial score (nSPS) is 16.4. The summed E-state index contributed by atoms with van der Waals surface area (Å²) >= 11 is 5.07. The Morgan fingerprint density at radius 1 is 0.875 bits per heavy atom. The van der Waals surface area contributed by atoms with E-state index in [1.54, 1.807) is 11.8 Å². The summed E-state index contributed by atoms with van der Waals surface area (Å²) in [7, 11) is -9.31. The third-order valence-corrected chi connectivity index (χ3v) is 10.3. The molecule has 8 nitrogen and oxygen atoms in total. The van der Waals surface area contributed by atoms with Gasteiger partial charge in [0.25, 0.3) is 20.2 Å². The van der Waals surface area contributed by atoms with Crippen LogP contribution in [0, 0.1) is 0 Å². The van der Waals surface area contributed by atoms with Crippen LogP contribution in [-0.4, -0.2) is 37.0 Å². The number of thioether (sulfide) groups is 1. The molecule has 0 fully saturated rings. The predicted molar refractivity (Wildman–Crippen MR) is 164 cm³/mol. The van der Waals surface area contributed by atoms with Crippen LogP contribution >= 0.6 is 27.7 Å². The van der Waals surface area contributed by atoms with Gasteiger partial charge in [0.1, 0.15) is 4.90 Å². The largest absolute Gasteiger partial charge is 0.354 e. The molecule has 0 aromatic heterocycles. The van der Waals surface area contributed by atoms with Crippen LogP contribution in [0.5, 0.6) is 0 Å². The number of allylic oxidation sites excluding steroid dienone is 3. The fourth-order valence-electron chi connectivity index (χ4n) is 4.74. The Bertz CT molecular complexity index is 1550. The van der Waals surface area contributed by atoms with Crippen LogP contribution in [0.2, 0.25) is 0 Å². The highest BCUT2D eigenvalue weighted by atomic mass is 79.9. The number of benzene rings is 2. The number of fused-ring (bicyclic) bond motifs is 1. The number of rotatable bonds is 13. The highest BCUT2D eigenvalue weighted by Gasteiger charge is 2.26. The van der Waals surface area contributed by atoms with Gasteiger partial charge in [-0.1, -0.05) is 78.3 Å². The lowest BCUT2D eigenvalue weighted by molar-refractivity contribution is 0.478. The minimum Gasteiger partial charge on any atom is -0.354 e. The van der Waals surface area contributed by atoms with Crippen LogP contribution in [0.4, 0.5) is 11.4 Å². The maximum absolute atomic E-state index is 12.1. The van der Waals surface area contributed by atoms with Crippen molar-refractivity contribution in [2.75, 3.05) is 10.6 Å². The lowest BCUT2D eigenvalue weighted by Gasteiger charge is -2.28. The summed E-state index contributed by atoms with van der Waals surface area (Å²) in [5.74, 6) is 0. The molecule has 0 unspecified atom stereocenters. The number of aliphatic imine (C=N–C) groups is 1. The summed E-state index contributed by atoms with van der Waals surface area (Å²) in [5, 5.41) is 4.54. The van der Waals surface area contributed by atoms with E-state index in [0.29, 0.717) is 18.6 Å². The molecule has 0 spiro atoms. The van der Waals surface area contributed by atoms with E-state index in [1.165, 1.54) is 32.1 Å². The third kappa shape index (κ3) is 8.29. The van der Waals surface area contributed by atoms with Crippen LogP contribution in [-0.2, 0) is 20.2 Å². The number of nitrogens with one attached hydrogen (secondary N) is 1. The highest BCUT2D eigenvalue weighted by Crippen LogP contribution is 2.45. The maximum atomic E-state index is 12.1. The number of anilines is 1. The van der Waals surface area contributed by atoms with Gasteiger partial charge in [-0.25, -0.2) is 0 Å². The zero-order valence-electron chi connectivity index (χ0n) is 22.0. The minimum atomic E-state index is -4.70. The third-order valence-electron chi connectivity index (χ3n) is 6.80. The Morgan fingerprint density at radius 2 is 1.55 bits per heavy atom. The van der Waals surface area contributed by atoms with Gasteiger partial charge in [0.05, 0.1) is 16.3 Å². The fraction of sp³-hybridized carbons (Fsp3) is 0.393. The van der Waals surface area contributed by atoms with Gasteiger partial charge < -0.3 is 5.32 Å². The molecule has 2 aliphatic rings. The number of alkyl halides is 1. The monoisotopic (exact) mass is 668 g/mol. The van der Waals surface area contributed by atoms with Crippen molar-refractivity contribution in [2.45, 2.75) is 78.9 Å². The van der Waals surface area contributed by atoms with E-state index >= 15 is 0 Å². The minimum absolute atomic E-state index is 0.236. The van der Waals surface area contributed by atoms with E-state index in [2.05, 4.69) is 26.2 Å². The molecule has 12 heteroatoms. The predicted octanol–water partition coefficient (Wildman–Crippen LogP) is 7.92. The van der Waals surface area contributed by atoms with Crippen molar-refractivity contribution in [1.29, 1.82) is 0 Å². The van der Waals surface area contributed by atoms with Crippen LogP contribution < -0.4 is 5.32 Å². The smallest absolute Gasteiger partial charge is 0.296 e. The molecule has 1 aliphatic heterocycles. The molecule has 0 saturated heterocycles. The van der Waals surface area contributed by atoms with E-state index in [9.17, 15) is 25.9 Å². The number of hydrogen-bond acceptors (Lipinski definition) is 7. The van der Waals surface area contributed by atoms with E-state index < -0.39 is 30.0 Å². The Morgan fingerprint density at radius 3 is 2.23 bits per heavy atom. The van der Waals surface area contributed by atoms with Gasteiger partial charge in [-0.15, -0.1) is 0 Å². The molecule has 4 rings (SSSR count). The SMILES string of the molecule is O=S(=O)(O)c1ccc(S(=O)(=O)O)c(N=C2CC3=C(C=C2CCCCCCCCCCBr)Nc2ccccc2S3)c1. The Labute approximate surface area is 249 Å². The standard InChI is InChI=1S/C28H33BrN2O6S3/c29-16-10-6-4-2-1-3-5-7-11-20-17-24-27(38-26-13-9-8-12-22(26)30-24)19-23(20)31-25-18-21(39(32,33)34)14-15-28(25)40(35,36)37/h8-9,12-15,17-18,30H,1-7,10-11,16,19H2,(H,32,33,34)(H,35,36,37). The number of unbranched alkanes of at least 4 members (excludes halogenated alkanes) is 7. The van der Waals surface area contributed by atoms with Crippen molar-refractivity contribution in [3.05, 3.63) is 64.7 Å². The first-order valence-corrected chi connectivity index (χ1v) is 18.1. The van der Waals surface area contributed by atoms with Crippen LogP contribution in [0.1, 0.15) is 64.2 Å². The van der Waals surface area contributed by atoms with Crippen LogP contribution in [0.15, 0.2) is 84.4 Å². The van der Waals surface area contributed by atoms with E-state index in [1.807, 2.05) is 30.3 Å². The number of hydrogen-bond donors (Lipinski definition) is 3. The van der Waals surface area contributed by atoms with E-state index in [4.69, 9.17) is 0 Å². The molecule has 2 aromatic carbocycles. The lowest BCUT2D eigenvalue weighted by Crippen LogP contribution is -2.17. The lowest BCUT2D eigenvalue weighted by atomic mass is 9.94. The van der Waals surface area contributed by atoms with Crippen molar-refractivity contribution < 1.29 is 25.9 Å². The molecule has 0 atom stereocenters. The van der Waals surface area contributed by atoms with Gasteiger partial charge in [0.2, 0.25) is 0 Å². The second-order valence-electron chi connectivity index (χ2n) is 9.81. The maximum Gasteiger partial charge on any atom is 0.296 e. The van der Waals surface area contributed by atoms with Gasteiger partial charge in [-0.3, -0.25) is 14.1 Å². The molecular weight excluding hydrogens is 636 g/mol. The first-order valence-electron chi connectivity index (χ1n) is 13.3. The molecule has 0 bridgehead atoms.